The Morgan fingerprint density at radius 1 is 1.47 bits per heavy atom. The number of hydrogen-bond acceptors (Lipinski definition) is 3. The van der Waals surface area contributed by atoms with Crippen LogP contribution in [0.1, 0.15) is 13.3 Å². The maximum absolute atomic E-state index is 9.07. The van der Waals surface area contributed by atoms with Gasteiger partial charge in [0.1, 0.15) is 6.04 Å². The summed E-state index contributed by atoms with van der Waals surface area (Å²) in [7, 11) is 0. The summed E-state index contributed by atoms with van der Waals surface area (Å²) in [5.74, 6) is 0. The van der Waals surface area contributed by atoms with Gasteiger partial charge in [0.15, 0.2) is 0 Å². The van der Waals surface area contributed by atoms with Crippen molar-refractivity contribution in [1.29, 1.82) is 5.26 Å². The van der Waals surface area contributed by atoms with Crippen LogP contribution in [0.25, 0.3) is 10.9 Å². The summed E-state index contributed by atoms with van der Waals surface area (Å²) >= 11 is 0. The number of nitrogens with zero attached hydrogens (tertiary/aromatic N) is 3. The minimum atomic E-state index is -0.182. The third-order valence-electron chi connectivity index (χ3n) is 2.70. The van der Waals surface area contributed by atoms with E-state index in [1.54, 1.807) is 0 Å². The number of benzene rings is 1. The molecule has 2 rings (SSSR count). The molecule has 0 amide bonds. The molecule has 1 N–H and O–H groups in total. The van der Waals surface area contributed by atoms with Crippen molar-refractivity contribution in [3.63, 3.8) is 0 Å². The van der Waals surface area contributed by atoms with Gasteiger partial charge in [0.25, 0.3) is 0 Å². The second kappa shape index (κ2) is 5.46. The molecule has 4 nitrogen and oxygen atoms in total. The first kappa shape index (κ1) is 11.6. The molecule has 0 fully saturated rings. The normalized spacial score (nSPS) is 12.5. The first-order valence-corrected chi connectivity index (χ1v) is 5.88. The first-order valence-electron chi connectivity index (χ1n) is 5.88. The van der Waals surface area contributed by atoms with Crippen LogP contribution in [-0.2, 0) is 6.54 Å². The zero-order chi connectivity index (χ0) is 12.1. The zero-order valence-corrected chi connectivity index (χ0v) is 9.93. The van der Waals surface area contributed by atoms with E-state index in [1.807, 2.05) is 35.1 Å². The second-order valence-corrected chi connectivity index (χ2v) is 4.02. The molecule has 0 saturated heterocycles. The molecule has 0 aliphatic rings. The van der Waals surface area contributed by atoms with Crippen molar-refractivity contribution >= 4 is 10.9 Å². The van der Waals surface area contributed by atoms with Crippen LogP contribution in [0.4, 0.5) is 0 Å². The summed E-state index contributed by atoms with van der Waals surface area (Å²) in [6.07, 6.45) is 2.86. The molecule has 0 spiro atoms. The summed E-state index contributed by atoms with van der Waals surface area (Å²) in [6.45, 7) is 3.53. The molecule has 0 aliphatic carbocycles. The average molecular weight is 228 g/mol. The Labute approximate surface area is 101 Å². The molecule has 0 radical (unpaired) electrons. The van der Waals surface area contributed by atoms with E-state index >= 15 is 0 Å². The van der Waals surface area contributed by atoms with Gasteiger partial charge in [-0.3, -0.25) is 4.68 Å². The van der Waals surface area contributed by atoms with E-state index in [1.165, 1.54) is 0 Å². The predicted molar refractivity (Wildman–Crippen MR) is 67.4 cm³/mol. The van der Waals surface area contributed by atoms with Gasteiger partial charge >= 0.3 is 0 Å². The van der Waals surface area contributed by atoms with E-state index in [-0.39, 0.29) is 6.04 Å². The first-order chi connectivity index (χ1) is 8.35. The van der Waals surface area contributed by atoms with Crippen molar-refractivity contribution in [2.24, 2.45) is 0 Å². The molecule has 1 aromatic carbocycles. The van der Waals surface area contributed by atoms with Crippen LogP contribution in [0.15, 0.2) is 30.5 Å². The van der Waals surface area contributed by atoms with E-state index < -0.39 is 0 Å². The number of aromatic nitrogens is 2. The molecule has 1 unspecified atom stereocenters. The summed E-state index contributed by atoms with van der Waals surface area (Å²) < 4.78 is 1.88. The van der Waals surface area contributed by atoms with Crippen molar-refractivity contribution in [1.82, 2.24) is 15.1 Å². The molecular weight excluding hydrogens is 212 g/mol. The number of fused-ring (bicyclic) bond motifs is 1. The highest BCUT2D eigenvalue weighted by molar-refractivity contribution is 5.78. The minimum Gasteiger partial charge on any atom is -0.300 e. The van der Waals surface area contributed by atoms with Crippen LogP contribution < -0.4 is 5.32 Å². The van der Waals surface area contributed by atoms with Crippen LogP contribution in [0.3, 0.4) is 0 Å². The molecule has 17 heavy (non-hydrogen) atoms. The lowest BCUT2D eigenvalue weighted by molar-refractivity contribution is 0.500. The highest BCUT2D eigenvalue weighted by Crippen LogP contribution is 2.12. The molecule has 0 aliphatic heterocycles. The molecule has 1 atom stereocenters. The Morgan fingerprint density at radius 2 is 2.29 bits per heavy atom. The van der Waals surface area contributed by atoms with Gasteiger partial charge in [-0.1, -0.05) is 25.1 Å². The lowest BCUT2D eigenvalue weighted by Crippen LogP contribution is -2.32. The van der Waals surface area contributed by atoms with Gasteiger partial charge in [-0.05, 0) is 19.0 Å². The molecule has 0 bridgehead atoms. The van der Waals surface area contributed by atoms with Gasteiger partial charge in [-0.25, -0.2) is 0 Å². The summed E-state index contributed by atoms with van der Waals surface area (Å²) in [6, 6.07) is 10.1. The number of hydrogen-bond donors (Lipinski definition) is 1. The molecule has 4 heteroatoms. The van der Waals surface area contributed by atoms with Gasteiger partial charge in [0.2, 0.25) is 0 Å². The lowest BCUT2D eigenvalue weighted by Gasteiger charge is -2.11. The Balaban J connectivity index is 2.15. The topological polar surface area (TPSA) is 53.6 Å². The fourth-order valence-corrected chi connectivity index (χ4v) is 1.81. The number of nitrogens with one attached hydrogen (secondary N) is 1. The number of para-hydroxylation sites is 1. The smallest absolute Gasteiger partial charge is 0.115 e. The summed E-state index contributed by atoms with van der Waals surface area (Å²) in [5.41, 5.74) is 1.08. The van der Waals surface area contributed by atoms with E-state index in [2.05, 4.69) is 23.4 Å². The highest BCUT2D eigenvalue weighted by atomic mass is 15.3. The number of rotatable bonds is 5. The average Bonchev–Trinajstić information content (AvgIpc) is 2.78. The predicted octanol–water partition coefficient (Wildman–Crippen LogP) is 1.93. The van der Waals surface area contributed by atoms with E-state index in [4.69, 9.17) is 5.26 Å². The maximum atomic E-state index is 9.07. The van der Waals surface area contributed by atoms with Gasteiger partial charge < -0.3 is 5.32 Å². The van der Waals surface area contributed by atoms with Crippen LogP contribution >= 0.6 is 0 Å². The van der Waals surface area contributed by atoms with Crippen LogP contribution in [0.5, 0.6) is 0 Å². The van der Waals surface area contributed by atoms with Gasteiger partial charge in [-0.2, -0.15) is 10.4 Å². The molecule has 88 valence electrons. The molecular formula is C13H16N4. The summed E-state index contributed by atoms with van der Waals surface area (Å²) in [4.78, 5) is 0. The van der Waals surface area contributed by atoms with E-state index in [9.17, 15) is 0 Å². The number of nitriles is 1. The fourth-order valence-electron chi connectivity index (χ4n) is 1.81. The summed E-state index contributed by atoms with van der Waals surface area (Å²) in [5, 5.41) is 17.7. The third-order valence-corrected chi connectivity index (χ3v) is 2.70. The zero-order valence-electron chi connectivity index (χ0n) is 9.93. The standard InChI is InChI=1S/C13H16N4/c1-2-7-15-12(8-14)10-17-13-6-4-3-5-11(13)9-16-17/h3-6,9,12,15H,2,7,10H2,1H3. The van der Waals surface area contributed by atoms with Gasteiger partial charge in [0, 0.05) is 5.39 Å². The SMILES string of the molecule is CCCNC(C#N)Cn1ncc2ccccc21. The molecule has 2 aromatic rings. The van der Waals surface area contributed by atoms with Crippen molar-refractivity contribution in [2.75, 3.05) is 6.54 Å². The largest absolute Gasteiger partial charge is 0.300 e. The second-order valence-electron chi connectivity index (χ2n) is 4.02. The van der Waals surface area contributed by atoms with Crippen molar-refractivity contribution in [2.45, 2.75) is 25.9 Å². The van der Waals surface area contributed by atoms with Crippen LogP contribution in [-0.4, -0.2) is 22.4 Å². The fraction of sp³-hybridized carbons (Fsp3) is 0.385. The molecule has 0 saturated carbocycles. The van der Waals surface area contributed by atoms with Gasteiger partial charge in [0.05, 0.1) is 24.3 Å². The van der Waals surface area contributed by atoms with E-state index in [0.717, 1.165) is 23.9 Å². The van der Waals surface area contributed by atoms with Crippen LogP contribution in [0, 0.1) is 11.3 Å². The Morgan fingerprint density at radius 3 is 3.06 bits per heavy atom. The van der Waals surface area contributed by atoms with E-state index in [0.29, 0.717) is 6.54 Å². The lowest BCUT2D eigenvalue weighted by atomic mass is 10.2. The van der Waals surface area contributed by atoms with Crippen molar-refractivity contribution in [3.05, 3.63) is 30.5 Å². The quantitative estimate of drug-likeness (QED) is 0.850. The highest BCUT2D eigenvalue weighted by Gasteiger charge is 2.09. The minimum absolute atomic E-state index is 0.182. The maximum Gasteiger partial charge on any atom is 0.115 e. The molecule has 1 aromatic heterocycles. The van der Waals surface area contributed by atoms with Crippen molar-refractivity contribution < 1.29 is 0 Å². The van der Waals surface area contributed by atoms with Crippen LogP contribution in [0.2, 0.25) is 0 Å². The van der Waals surface area contributed by atoms with Gasteiger partial charge in [-0.15, -0.1) is 0 Å². The Kier molecular flexibility index (Phi) is 3.73. The Bertz CT molecular complexity index is 523. The Hall–Kier alpha value is -1.86. The molecule has 1 heterocycles. The monoisotopic (exact) mass is 228 g/mol. The third kappa shape index (κ3) is 2.63. The van der Waals surface area contributed by atoms with Crippen molar-refractivity contribution in [3.8, 4) is 6.07 Å².